The minimum atomic E-state index is -4.84. The van der Waals surface area contributed by atoms with E-state index in [1.807, 2.05) is 0 Å². The van der Waals surface area contributed by atoms with Gasteiger partial charge in [-0.25, -0.2) is 17.8 Å². The number of benzene rings is 4. The summed E-state index contributed by atoms with van der Waals surface area (Å²) in [6.07, 6.45) is -3.78. The van der Waals surface area contributed by atoms with E-state index in [2.05, 4.69) is 19.9 Å². The summed E-state index contributed by atoms with van der Waals surface area (Å²) in [7, 11) is 0. The summed E-state index contributed by atoms with van der Waals surface area (Å²) in [5.74, 6) is -4.01. The molecule has 206 valence electrons. The fourth-order valence-electron chi connectivity index (χ4n) is 4.50. The third-order valence-corrected chi connectivity index (χ3v) is 6.36. The number of hydrogen-bond acceptors (Lipinski definition) is 6. The van der Waals surface area contributed by atoms with Gasteiger partial charge in [0.2, 0.25) is 0 Å². The minimum absolute atomic E-state index is 0.0818. The van der Waals surface area contributed by atoms with Crippen molar-refractivity contribution in [3.8, 4) is 22.6 Å². The van der Waals surface area contributed by atoms with E-state index >= 15 is 0 Å². The van der Waals surface area contributed by atoms with E-state index in [0.717, 1.165) is 12.4 Å². The van der Waals surface area contributed by atoms with E-state index < -0.39 is 52.6 Å². The van der Waals surface area contributed by atoms with Crippen molar-refractivity contribution < 1.29 is 35.7 Å². The lowest BCUT2D eigenvalue weighted by atomic mass is 9.98. The molecule has 0 unspecified atom stereocenters. The van der Waals surface area contributed by atoms with E-state index in [0.29, 0.717) is 17.6 Å². The van der Waals surface area contributed by atoms with Gasteiger partial charge >= 0.3 is 6.18 Å². The van der Waals surface area contributed by atoms with Crippen LogP contribution < -0.4 is 10.3 Å². The maximum absolute atomic E-state index is 14.3. The first-order chi connectivity index (χ1) is 19.6. The zero-order chi connectivity index (χ0) is 28.9. The van der Waals surface area contributed by atoms with Gasteiger partial charge in [-0.05, 0) is 57.8 Å². The highest BCUT2D eigenvalue weighted by molar-refractivity contribution is 5.83. The molecular weight excluding hydrogens is 554 g/mol. The summed E-state index contributed by atoms with van der Waals surface area (Å²) < 4.78 is 96.3. The molecule has 0 atom stereocenters. The Morgan fingerprint density at radius 3 is 2.39 bits per heavy atom. The number of hydrogen-bond donors (Lipinski definition) is 0. The number of nitrogens with zero attached hydrogens (tertiary/aromatic N) is 4. The molecule has 41 heavy (non-hydrogen) atoms. The number of halogens is 6. The Balaban J connectivity index is 1.41. The molecule has 0 bridgehead atoms. The molecule has 0 aliphatic rings. The fraction of sp³-hybridized carbons (Fsp3) is 0.0714. The van der Waals surface area contributed by atoms with E-state index in [4.69, 9.17) is 4.74 Å². The Hall–Kier alpha value is -5.20. The zero-order valence-electron chi connectivity index (χ0n) is 20.4. The molecule has 2 heterocycles. The number of aromatic nitrogens is 4. The quantitative estimate of drug-likeness (QED) is 0.211. The fourth-order valence-corrected chi connectivity index (χ4v) is 4.50. The molecule has 6 aromatic rings. The highest BCUT2D eigenvalue weighted by atomic mass is 19.4. The Morgan fingerprint density at radius 1 is 0.878 bits per heavy atom. The number of rotatable bonds is 5. The molecule has 7 nitrogen and oxygen atoms in total. The average Bonchev–Trinajstić information content (AvgIpc) is 3.39. The monoisotopic (exact) mass is 568 g/mol. The van der Waals surface area contributed by atoms with Gasteiger partial charge in [0.1, 0.15) is 45.5 Å². The maximum atomic E-state index is 14.3. The standard InChI is InChI=1S/C28H14F6N4O3/c29-15-9-20(30)19(21(31)10-15)12-38-13-35-27(39)18-11-16(5-7-24(18)38)40-25-3-1-2-17(26(25)28(32,33)34)14-4-6-22-23(8-14)37-41-36-22/h1-11,13H,12H2. The Bertz CT molecular complexity index is 2000. The molecule has 0 saturated carbocycles. The van der Waals surface area contributed by atoms with Crippen LogP contribution in [-0.4, -0.2) is 19.9 Å². The second kappa shape index (κ2) is 9.77. The number of alkyl halides is 3. The molecule has 0 amide bonds. The van der Waals surface area contributed by atoms with Gasteiger partial charge in [-0.15, -0.1) is 0 Å². The molecule has 6 rings (SSSR count). The maximum Gasteiger partial charge on any atom is 0.420 e. The molecule has 0 fully saturated rings. The molecule has 4 aromatic carbocycles. The Morgan fingerprint density at radius 2 is 1.63 bits per heavy atom. The third-order valence-electron chi connectivity index (χ3n) is 6.36. The summed E-state index contributed by atoms with van der Waals surface area (Å²) in [4.78, 5) is 16.2. The Labute approximate surface area is 225 Å². The first-order valence-electron chi connectivity index (χ1n) is 11.8. The van der Waals surface area contributed by atoms with Crippen molar-refractivity contribution in [1.82, 2.24) is 19.9 Å². The van der Waals surface area contributed by atoms with Gasteiger partial charge in [0, 0.05) is 17.7 Å². The summed E-state index contributed by atoms with van der Waals surface area (Å²) in [6, 6.07) is 13.0. The lowest BCUT2D eigenvalue weighted by Crippen LogP contribution is -2.14. The van der Waals surface area contributed by atoms with Crippen LogP contribution >= 0.6 is 0 Å². The van der Waals surface area contributed by atoms with Crippen molar-refractivity contribution in [3.63, 3.8) is 0 Å². The van der Waals surface area contributed by atoms with E-state index in [-0.39, 0.29) is 33.3 Å². The third kappa shape index (κ3) is 4.86. The van der Waals surface area contributed by atoms with Crippen LogP contribution in [0.25, 0.3) is 33.1 Å². The molecule has 0 radical (unpaired) electrons. The van der Waals surface area contributed by atoms with E-state index in [1.54, 1.807) is 0 Å². The Kier molecular flexibility index (Phi) is 6.20. The SMILES string of the molecule is O=c1ncn(Cc2c(F)cc(F)cc2F)c2ccc(Oc3cccc(-c4ccc5nonc5c4)c3C(F)(F)F)cc12. The van der Waals surface area contributed by atoms with Gasteiger partial charge in [-0.3, -0.25) is 4.79 Å². The first-order valence-corrected chi connectivity index (χ1v) is 11.8. The topological polar surface area (TPSA) is 83.0 Å². The van der Waals surface area contributed by atoms with Crippen LogP contribution in [0.15, 0.2) is 82.5 Å². The molecule has 13 heteroatoms. The first kappa shape index (κ1) is 26.0. The molecule has 0 aliphatic heterocycles. The van der Waals surface area contributed by atoms with Crippen molar-refractivity contribution in [2.45, 2.75) is 12.7 Å². The number of ether oxygens (including phenoxy) is 1. The molecular formula is C28H14F6N4O3. The second-order valence-electron chi connectivity index (χ2n) is 8.95. The molecule has 0 aliphatic carbocycles. The molecule has 0 saturated heterocycles. The van der Waals surface area contributed by atoms with Crippen LogP contribution in [0, 0.1) is 17.5 Å². The van der Waals surface area contributed by atoms with Gasteiger partial charge < -0.3 is 9.30 Å². The van der Waals surface area contributed by atoms with Gasteiger partial charge in [0.15, 0.2) is 0 Å². The normalized spacial score (nSPS) is 11.9. The van der Waals surface area contributed by atoms with Crippen molar-refractivity contribution in [1.29, 1.82) is 0 Å². The lowest BCUT2D eigenvalue weighted by molar-refractivity contribution is -0.138. The minimum Gasteiger partial charge on any atom is -0.457 e. The second-order valence-corrected chi connectivity index (χ2v) is 8.95. The predicted octanol–water partition coefficient (Wildman–Crippen LogP) is 6.88. The van der Waals surface area contributed by atoms with Crippen molar-refractivity contribution in [3.05, 3.63) is 112 Å². The molecule has 0 spiro atoms. The van der Waals surface area contributed by atoms with E-state index in [1.165, 1.54) is 53.1 Å². The highest BCUT2D eigenvalue weighted by Gasteiger charge is 2.38. The predicted molar refractivity (Wildman–Crippen MR) is 134 cm³/mol. The highest BCUT2D eigenvalue weighted by Crippen LogP contribution is 2.44. The van der Waals surface area contributed by atoms with Crippen LogP contribution in [0.4, 0.5) is 26.3 Å². The summed E-state index contributed by atoms with van der Waals surface area (Å²) in [5.41, 5.74) is -1.48. The van der Waals surface area contributed by atoms with Crippen LogP contribution in [0.3, 0.4) is 0 Å². The van der Waals surface area contributed by atoms with Crippen molar-refractivity contribution in [2.24, 2.45) is 0 Å². The smallest absolute Gasteiger partial charge is 0.420 e. The zero-order valence-corrected chi connectivity index (χ0v) is 20.4. The summed E-state index contributed by atoms with van der Waals surface area (Å²) in [6.45, 7) is -0.437. The summed E-state index contributed by atoms with van der Waals surface area (Å²) in [5, 5.41) is 7.25. The summed E-state index contributed by atoms with van der Waals surface area (Å²) >= 11 is 0. The van der Waals surface area contributed by atoms with Crippen LogP contribution in [0.1, 0.15) is 11.1 Å². The van der Waals surface area contributed by atoms with Crippen molar-refractivity contribution >= 4 is 21.9 Å². The number of fused-ring (bicyclic) bond motifs is 2. The average molecular weight is 568 g/mol. The van der Waals surface area contributed by atoms with E-state index in [9.17, 15) is 31.1 Å². The van der Waals surface area contributed by atoms with Crippen LogP contribution in [-0.2, 0) is 12.7 Å². The van der Waals surface area contributed by atoms with Gasteiger partial charge in [0.05, 0.1) is 23.8 Å². The largest absolute Gasteiger partial charge is 0.457 e. The molecule has 2 aromatic heterocycles. The van der Waals surface area contributed by atoms with Gasteiger partial charge in [-0.1, -0.05) is 18.2 Å². The van der Waals surface area contributed by atoms with Gasteiger partial charge in [-0.2, -0.15) is 18.2 Å². The lowest BCUT2D eigenvalue weighted by Gasteiger charge is -2.18. The molecule has 0 N–H and O–H groups in total. The van der Waals surface area contributed by atoms with Gasteiger partial charge in [0.25, 0.3) is 5.56 Å². The van der Waals surface area contributed by atoms with Crippen molar-refractivity contribution in [2.75, 3.05) is 0 Å². The van der Waals surface area contributed by atoms with Crippen LogP contribution in [0.2, 0.25) is 0 Å². The van der Waals surface area contributed by atoms with Crippen LogP contribution in [0.5, 0.6) is 11.5 Å².